The van der Waals surface area contributed by atoms with Crippen molar-refractivity contribution in [1.82, 2.24) is 0 Å². The van der Waals surface area contributed by atoms with E-state index in [2.05, 4.69) is 80.6 Å². The maximum atomic E-state index is 6.62. The van der Waals surface area contributed by atoms with E-state index in [-0.39, 0.29) is 5.41 Å². The Morgan fingerprint density at radius 2 is 1.53 bits per heavy atom. The van der Waals surface area contributed by atoms with Gasteiger partial charge < -0.3 is 4.74 Å². The molecular formula is C31H28O. The fourth-order valence-electron chi connectivity index (χ4n) is 6.56. The van der Waals surface area contributed by atoms with Crippen LogP contribution in [-0.4, -0.2) is 0 Å². The molecule has 0 amide bonds. The Labute approximate surface area is 189 Å². The first-order valence-electron chi connectivity index (χ1n) is 12.2. The predicted molar refractivity (Wildman–Crippen MR) is 135 cm³/mol. The van der Waals surface area contributed by atoms with Crippen LogP contribution in [0.2, 0.25) is 0 Å². The molecular weight excluding hydrogens is 388 g/mol. The molecule has 1 aliphatic carbocycles. The largest absolute Gasteiger partial charge is 0.456 e. The predicted octanol–water partition coefficient (Wildman–Crippen LogP) is 9.06. The first kappa shape index (κ1) is 18.5. The van der Waals surface area contributed by atoms with Crippen molar-refractivity contribution in [2.24, 2.45) is 0 Å². The SMILES string of the molecule is CC1(C)c2ccccc2Oc2c1cc1cc(C3CCCCC3)c3cccc4ccc2c1c43. The van der Waals surface area contributed by atoms with Crippen molar-refractivity contribution in [2.75, 3.05) is 0 Å². The minimum absolute atomic E-state index is 0.0976. The highest BCUT2D eigenvalue weighted by atomic mass is 16.5. The lowest BCUT2D eigenvalue weighted by Gasteiger charge is -2.36. The lowest BCUT2D eigenvalue weighted by molar-refractivity contribution is 0.423. The maximum absolute atomic E-state index is 6.62. The molecule has 1 heterocycles. The number of rotatable bonds is 1. The van der Waals surface area contributed by atoms with Gasteiger partial charge in [0.25, 0.3) is 0 Å². The molecule has 2 aliphatic rings. The highest BCUT2D eigenvalue weighted by Crippen LogP contribution is 2.53. The molecule has 32 heavy (non-hydrogen) atoms. The van der Waals surface area contributed by atoms with E-state index in [0.717, 1.165) is 11.5 Å². The quantitative estimate of drug-likeness (QED) is 0.248. The van der Waals surface area contributed by atoms with Crippen molar-refractivity contribution in [3.8, 4) is 11.5 Å². The summed E-state index contributed by atoms with van der Waals surface area (Å²) in [4.78, 5) is 0. The van der Waals surface area contributed by atoms with Crippen molar-refractivity contribution >= 4 is 32.3 Å². The Bertz CT molecular complexity index is 1500. The minimum Gasteiger partial charge on any atom is -0.456 e. The molecule has 1 nitrogen and oxygen atoms in total. The molecule has 5 aromatic rings. The van der Waals surface area contributed by atoms with E-state index < -0.39 is 0 Å². The Hall–Kier alpha value is -3.06. The highest BCUT2D eigenvalue weighted by Gasteiger charge is 2.36. The van der Waals surface area contributed by atoms with Gasteiger partial charge in [-0.3, -0.25) is 0 Å². The van der Waals surface area contributed by atoms with Crippen molar-refractivity contribution in [1.29, 1.82) is 0 Å². The highest BCUT2D eigenvalue weighted by molar-refractivity contribution is 6.25. The average molecular weight is 417 g/mol. The maximum Gasteiger partial charge on any atom is 0.139 e. The molecule has 0 unspecified atom stereocenters. The fourth-order valence-corrected chi connectivity index (χ4v) is 6.56. The summed E-state index contributed by atoms with van der Waals surface area (Å²) >= 11 is 0. The third-order valence-corrected chi connectivity index (χ3v) is 8.24. The van der Waals surface area contributed by atoms with E-state index in [0.29, 0.717) is 5.92 Å². The van der Waals surface area contributed by atoms with Crippen molar-refractivity contribution < 1.29 is 4.74 Å². The van der Waals surface area contributed by atoms with Gasteiger partial charge in [0.15, 0.2) is 0 Å². The summed E-state index contributed by atoms with van der Waals surface area (Å²) in [6.07, 6.45) is 6.74. The van der Waals surface area contributed by atoms with E-state index in [4.69, 9.17) is 4.74 Å². The van der Waals surface area contributed by atoms with Gasteiger partial charge in [0.2, 0.25) is 0 Å². The minimum atomic E-state index is -0.0976. The summed E-state index contributed by atoms with van der Waals surface area (Å²) in [5, 5.41) is 8.20. The van der Waals surface area contributed by atoms with Crippen molar-refractivity contribution in [3.05, 3.63) is 83.4 Å². The van der Waals surface area contributed by atoms with Crippen LogP contribution in [0.25, 0.3) is 32.3 Å². The van der Waals surface area contributed by atoms with Crippen LogP contribution in [-0.2, 0) is 5.41 Å². The standard InChI is InChI=1S/C31H28O/c1-31(2)25-13-6-7-14-27(25)32-30-23-16-15-20-11-8-12-22-24(19-9-4-3-5-10-19)17-21(18-26(30)31)29(23)28(20)22/h6-8,11-19H,3-5,9-10H2,1-2H3. The van der Waals surface area contributed by atoms with Gasteiger partial charge in [-0.2, -0.15) is 0 Å². The normalized spacial score (nSPS) is 18.1. The van der Waals surface area contributed by atoms with E-state index in [9.17, 15) is 0 Å². The number of hydrogen-bond donors (Lipinski definition) is 0. The van der Waals surface area contributed by atoms with Gasteiger partial charge in [0, 0.05) is 27.3 Å². The summed E-state index contributed by atoms with van der Waals surface area (Å²) < 4.78 is 6.62. The van der Waals surface area contributed by atoms with Gasteiger partial charge in [0.05, 0.1) is 0 Å². The van der Waals surface area contributed by atoms with Crippen molar-refractivity contribution in [3.63, 3.8) is 0 Å². The summed E-state index contributed by atoms with van der Waals surface area (Å²) in [7, 11) is 0. The summed E-state index contributed by atoms with van der Waals surface area (Å²) in [5.41, 5.74) is 4.04. The zero-order valence-electron chi connectivity index (χ0n) is 18.9. The first-order chi connectivity index (χ1) is 15.6. The van der Waals surface area contributed by atoms with Gasteiger partial charge in [-0.15, -0.1) is 0 Å². The van der Waals surface area contributed by atoms with Gasteiger partial charge in [0.1, 0.15) is 11.5 Å². The van der Waals surface area contributed by atoms with Gasteiger partial charge in [-0.05, 0) is 64.1 Å². The Kier molecular flexibility index (Phi) is 3.75. The zero-order chi connectivity index (χ0) is 21.4. The third-order valence-electron chi connectivity index (χ3n) is 8.24. The number of hydrogen-bond acceptors (Lipinski definition) is 1. The zero-order valence-corrected chi connectivity index (χ0v) is 18.9. The average Bonchev–Trinajstić information content (AvgIpc) is 2.83. The molecule has 0 bridgehead atoms. The summed E-state index contributed by atoms with van der Waals surface area (Å²) in [6, 6.07) is 24.9. The topological polar surface area (TPSA) is 9.23 Å². The molecule has 158 valence electrons. The van der Waals surface area contributed by atoms with Crippen LogP contribution < -0.4 is 4.74 Å². The molecule has 0 saturated heterocycles. The van der Waals surface area contributed by atoms with Gasteiger partial charge in [-0.25, -0.2) is 0 Å². The second-order valence-electron chi connectivity index (χ2n) is 10.4. The number of ether oxygens (including phenoxy) is 1. The van der Waals surface area contributed by atoms with Crippen LogP contribution >= 0.6 is 0 Å². The smallest absolute Gasteiger partial charge is 0.139 e. The molecule has 0 N–H and O–H groups in total. The van der Waals surface area contributed by atoms with Crippen LogP contribution in [0, 0.1) is 0 Å². The fraction of sp³-hybridized carbons (Fsp3) is 0.290. The van der Waals surface area contributed by atoms with Crippen LogP contribution in [0.5, 0.6) is 11.5 Å². The lowest BCUT2D eigenvalue weighted by Crippen LogP contribution is -2.24. The van der Waals surface area contributed by atoms with Crippen LogP contribution in [0.15, 0.2) is 66.7 Å². The third kappa shape index (κ3) is 2.40. The molecule has 0 radical (unpaired) electrons. The van der Waals surface area contributed by atoms with E-state index >= 15 is 0 Å². The lowest BCUT2D eigenvalue weighted by atomic mass is 9.73. The second kappa shape index (κ2) is 6.48. The Balaban J connectivity index is 1.60. The van der Waals surface area contributed by atoms with E-state index in [1.807, 2.05) is 0 Å². The molecule has 0 aromatic heterocycles. The van der Waals surface area contributed by atoms with Gasteiger partial charge >= 0.3 is 0 Å². The Morgan fingerprint density at radius 3 is 2.41 bits per heavy atom. The molecule has 1 heteroatoms. The summed E-state index contributed by atoms with van der Waals surface area (Å²) in [5.74, 6) is 2.71. The van der Waals surface area contributed by atoms with Gasteiger partial charge in [-0.1, -0.05) is 81.6 Å². The van der Waals surface area contributed by atoms with E-state index in [1.54, 1.807) is 5.56 Å². The Morgan fingerprint density at radius 1 is 0.719 bits per heavy atom. The van der Waals surface area contributed by atoms with Crippen LogP contribution in [0.1, 0.15) is 68.6 Å². The van der Waals surface area contributed by atoms with Crippen LogP contribution in [0.3, 0.4) is 0 Å². The molecule has 7 rings (SSSR count). The van der Waals surface area contributed by atoms with Crippen LogP contribution in [0.4, 0.5) is 0 Å². The molecule has 5 aromatic carbocycles. The number of benzene rings is 5. The molecule has 1 fully saturated rings. The summed E-state index contributed by atoms with van der Waals surface area (Å²) in [6.45, 7) is 4.68. The molecule has 1 saturated carbocycles. The monoisotopic (exact) mass is 416 g/mol. The first-order valence-corrected chi connectivity index (χ1v) is 12.2. The van der Waals surface area contributed by atoms with E-state index in [1.165, 1.54) is 75.5 Å². The van der Waals surface area contributed by atoms with Crippen molar-refractivity contribution in [2.45, 2.75) is 57.3 Å². The molecule has 0 atom stereocenters. The number of para-hydroxylation sites is 1. The number of fused-ring (bicyclic) bond motifs is 3. The molecule has 0 spiro atoms. The second-order valence-corrected chi connectivity index (χ2v) is 10.4. The molecule has 1 aliphatic heterocycles.